The van der Waals surface area contributed by atoms with E-state index in [0.717, 1.165) is 12.1 Å². The van der Waals surface area contributed by atoms with Crippen LogP contribution in [-0.2, 0) is 16.2 Å². The molecule has 5 nitrogen and oxygen atoms in total. The fraction of sp³-hybridized carbons (Fsp3) is 0.0500. The van der Waals surface area contributed by atoms with Gasteiger partial charge in [0.1, 0.15) is 0 Å². The van der Waals surface area contributed by atoms with E-state index in [4.69, 9.17) is 11.6 Å². The first-order valence-corrected chi connectivity index (χ1v) is 10.3. The van der Waals surface area contributed by atoms with Gasteiger partial charge in [-0.15, -0.1) is 0 Å². The lowest BCUT2D eigenvalue weighted by atomic mass is 10.1. The Morgan fingerprint density at radius 2 is 1.53 bits per heavy atom. The zero-order valence-corrected chi connectivity index (χ0v) is 16.6. The number of amides is 1. The summed E-state index contributed by atoms with van der Waals surface area (Å²) in [7, 11) is -3.95. The van der Waals surface area contributed by atoms with Crippen molar-refractivity contribution < 1.29 is 26.4 Å². The summed E-state index contributed by atoms with van der Waals surface area (Å²) in [6, 6.07) is 15.4. The van der Waals surface area contributed by atoms with Gasteiger partial charge >= 0.3 is 6.18 Å². The Balaban J connectivity index is 1.79. The Morgan fingerprint density at radius 3 is 2.23 bits per heavy atom. The SMILES string of the molecule is O=C(Nc1cccc(C(F)(F)F)c1)c1cccc(NS(=O)(=O)c2cccc(Cl)c2)c1. The Kier molecular flexibility index (Phi) is 6.04. The van der Waals surface area contributed by atoms with Crippen molar-refractivity contribution in [2.45, 2.75) is 11.1 Å². The van der Waals surface area contributed by atoms with Crippen molar-refractivity contribution in [3.63, 3.8) is 0 Å². The Hall–Kier alpha value is -3.04. The molecule has 0 fully saturated rings. The number of hydrogen-bond acceptors (Lipinski definition) is 3. The molecule has 0 saturated heterocycles. The van der Waals surface area contributed by atoms with Gasteiger partial charge in [0, 0.05) is 22.0 Å². The van der Waals surface area contributed by atoms with Crippen LogP contribution in [-0.4, -0.2) is 14.3 Å². The van der Waals surface area contributed by atoms with Crippen molar-refractivity contribution in [3.05, 3.63) is 88.9 Å². The Morgan fingerprint density at radius 1 is 0.867 bits per heavy atom. The van der Waals surface area contributed by atoms with Crippen LogP contribution < -0.4 is 10.0 Å². The molecule has 0 saturated carbocycles. The van der Waals surface area contributed by atoms with Gasteiger partial charge in [0.05, 0.1) is 10.5 Å². The molecule has 0 unspecified atom stereocenters. The lowest BCUT2D eigenvalue weighted by Gasteiger charge is -2.11. The number of hydrogen-bond donors (Lipinski definition) is 2. The highest BCUT2D eigenvalue weighted by Gasteiger charge is 2.30. The third-order valence-corrected chi connectivity index (χ3v) is 5.55. The minimum Gasteiger partial charge on any atom is -0.322 e. The second-order valence-corrected chi connectivity index (χ2v) is 8.30. The van der Waals surface area contributed by atoms with Gasteiger partial charge in [0.25, 0.3) is 15.9 Å². The second kappa shape index (κ2) is 8.37. The van der Waals surface area contributed by atoms with Crippen LogP contribution in [0.2, 0.25) is 5.02 Å². The zero-order chi connectivity index (χ0) is 21.9. The molecule has 0 aliphatic rings. The molecule has 3 aromatic carbocycles. The van der Waals surface area contributed by atoms with Gasteiger partial charge in [-0.25, -0.2) is 8.42 Å². The molecule has 0 aliphatic heterocycles. The van der Waals surface area contributed by atoms with Crippen molar-refractivity contribution in [2.24, 2.45) is 0 Å². The van der Waals surface area contributed by atoms with Crippen LogP contribution in [0.4, 0.5) is 24.5 Å². The van der Waals surface area contributed by atoms with E-state index in [1.807, 2.05) is 0 Å². The van der Waals surface area contributed by atoms with E-state index < -0.39 is 27.7 Å². The van der Waals surface area contributed by atoms with Crippen LogP contribution in [0, 0.1) is 0 Å². The monoisotopic (exact) mass is 454 g/mol. The van der Waals surface area contributed by atoms with Crippen LogP contribution >= 0.6 is 11.6 Å². The summed E-state index contributed by atoms with van der Waals surface area (Å²) in [5, 5.41) is 2.61. The predicted octanol–water partition coefficient (Wildman–Crippen LogP) is 5.41. The lowest BCUT2D eigenvalue weighted by Crippen LogP contribution is -2.15. The molecule has 3 rings (SSSR count). The molecule has 1 amide bonds. The maximum Gasteiger partial charge on any atom is 0.416 e. The van der Waals surface area contributed by atoms with E-state index in [9.17, 15) is 26.4 Å². The molecule has 0 radical (unpaired) electrons. The van der Waals surface area contributed by atoms with Crippen molar-refractivity contribution in [2.75, 3.05) is 10.0 Å². The van der Waals surface area contributed by atoms with Crippen LogP contribution in [0.3, 0.4) is 0 Å². The smallest absolute Gasteiger partial charge is 0.322 e. The number of anilines is 2. The van der Waals surface area contributed by atoms with E-state index in [1.165, 1.54) is 60.7 Å². The largest absolute Gasteiger partial charge is 0.416 e. The summed E-state index contributed by atoms with van der Waals surface area (Å²) in [5.41, 5.74) is -0.784. The molecule has 0 heterocycles. The molecule has 30 heavy (non-hydrogen) atoms. The van der Waals surface area contributed by atoms with Crippen LogP contribution in [0.15, 0.2) is 77.7 Å². The third-order valence-electron chi connectivity index (χ3n) is 3.93. The number of halogens is 4. The molecule has 0 atom stereocenters. The van der Waals surface area contributed by atoms with Crippen molar-refractivity contribution in [1.29, 1.82) is 0 Å². The molecular weight excluding hydrogens is 441 g/mol. The molecule has 0 bridgehead atoms. The Labute approximate surface area is 175 Å². The number of rotatable bonds is 5. The maximum absolute atomic E-state index is 12.8. The number of carbonyl (C=O) groups is 1. The highest BCUT2D eigenvalue weighted by Crippen LogP contribution is 2.30. The van der Waals surface area contributed by atoms with E-state index in [2.05, 4.69) is 10.0 Å². The number of alkyl halides is 3. The first-order chi connectivity index (χ1) is 14.0. The van der Waals surface area contributed by atoms with Crippen molar-refractivity contribution in [1.82, 2.24) is 0 Å². The maximum atomic E-state index is 12.8. The van der Waals surface area contributed by atoms with Gasteiger partial charge in [-0.05, 0) is 54.6 Å². The minimum absolute atomic E-state index is 0.0419. The lowest BCUT2D eigenvalue weighted by molar-refractivity contribution is -0.137. The predicted molar refractivity (Wildman–Crippen MR) is 108 cm³/mol. The van der Waals surface area contributed by atoms with E-state index >= 15 is 0 Å². The molecule has 2 N–H and O–H groups in total. The summed E-state index contributed by atoms with van der Waals surface area (Å²) in [6.45, 7) is 0. The van der Waals surface area contributed by atoms with Crippen molar-refractivity contribution in [3.8, 4) is 0 Å². The van der Waals surface area contributed by atoms with Gasteiger partial charge in [0.2, 0.25) is 0 Å². The summed E-state index contributed by atoms with van der Waals surface area (Å²) in [6.07, 6.45) is -4.54. The molecule has 10 heteroatoms. The first-order valence-electron chi connectivity index (χ1n) is 8.42. The number of carbonyl (C=O) groups excluding carboxylic acids is 1. The van der Waals surface area contributed by atoms with E-state index in [-0.39, 0.29) is 26.9 Å². The molecule has 0 aliphatic carbocycles. The van der Waals surface area contributed by atoms with Gasteiger partial charge < -0.3 is 5.32 Å². The van der Waals surface area contributed by atoms with E-state index in [0.29, 0.717) is 0 Å². The highest BCUT2D eigenvalue weighted by molar-refractivity contribution is 7.92. The standard InChI is InChI=1S/C20H14ClF3N2O3S/c21-15-6-3-9-18(12-15)30(28,29)26-17-8-1-4-13(10-17)19(27)25-16-7-2-5-14(11-16)20(22,23)24/h1-12,26H,(H,25,27). The second-order valence-electron chi connectivity index (χ2n) is 6.18. The van der Waals surface area contributed by atoms with Crippen LogP contribution in [0.1, 0.15) is 15.9 Å². The number of sulfonamides is 1. The summed E-state index contributed by atoms with van der Waals surface area (Å²) in [4.78, 5) is 12.4. The minimum atomic E-state index is -4.54. The summed E-state index contributed by atoms with van der Waals surface area (Å²) in [5.74, 6) is -0.696. The average molecular weight is 455 g/mol. The zero-order valence-electron chi connectivity index (χ0n) is 15.1. The van der Waals surface area contributed by atoms with Gasteiger partial charge in [0.15, 0.2) is 0 Å². The first kappa shape index (κ1) is 21.7. The molecule has 0 aromatic heterocycles. The highest BCUT2D eigenvalue weighted by atomic mass is 35.5. The molecule has 3 aromatic rings. The normalized spacial score (nSPS) is 11.7. The average Bonchev–Trinajstić information content (AvgIpc) is 2.67. The van der Waals surface area contributed by atoms with E-state index in [1.54, 1.807) is 0 Å². The fourth-order valence-corrected chi connectivity index (χ4v) is 3.90. The quantitative estimate of drug-likeness (QED) is 0.541. The Bertz CT molecular complexity index is 1200. The summed E-state index contributed by atoms with van der Waals surface area (Å²) < 4.78 is 65.7. The molecular formula is C20H14ClF3N2O3S. The van der Waals surface area contributed by atoms with Gasteiger partial charge in [-0.2, -0.15) is 13.2 Å². The van der Waals surface area contributed by atoms with Crippen molar-refractivity contribution >= 4 is 38.9 Å². The molecule has 156 valence electrons. The number of nitrogens with one attached hydrogen (secondary N) is 2. The molecule has 0 spiro atoms. The summed E-state index contributed by atoms with van der Waals surface area (Å²) >= 11 is 5.82. The third kappa shape index (κ3) is 5.31. The van der Waals surface area contributed by atoms with Crippen LogP contribution in [0.5, 0.6) is 0 Å². The van der Waals surface area contributed by atoms with Crippen LogP contribution in [0.25, 0.3) is 0 Å². The number of benzene rings is 3. The van der Waals surface area contributed by atoms with Gasteiger partial charge in [-0.3, -0.25) is 9.52 Å². The van der Waals surface area contributed by atoms with Gasteiger partial charge in [-0.1, -0.05) is 29.8 Å². The fourth-order valence-electron chi connectivity index (χ4n) is 2.55. The topological polar surface area (TPSA) is 75.3 Å².